The Morgan fingerprint density at radius 2 is 1.86 bits per heavy atom. The molecule has 0 fully saturated rings. The average molecular weight is 299 g/mol. The quantitative estimate of drug-likeness (QED) is 0.580. The minimum atomic E-state index is -0.0285. The van der Waals surface area contributed by atoms with Gasteiger partial charge in [-0.2, -0.15) is 0 Å². The van der Waals surface area contributed by atoms with Gasteiger partial charge in [-0.3, -0.25) is 4.79 Å². The normalized spacial score (nSPS) is 10.3. The molecule has 0 atom stereocenters. The molecule has 0 radical (unpaired) electrons. The zero-order chi connectivity index (χ0) is 16.1. The van der Waals surface area contributed by atoms with E-state index < -0.39 is 0 Å². The van der Waals surface area contributed by atoms with Crippen molar-refractivity contribution in [3.8, 4) is 11.5 Å². The number of rotatable bonds is 7. The molecule has 0 unspecified atom stereocenters. The zero-order valence-corrected chi connectivity index (χ0v) is 13.3. The van der Waals surface area contributed by atoms with E-state index in [1.54, 1.807) is 31.4 Å². The molecule has 0 aliphatic rings. The van der Waals surface area contributed by atoms with Crippen LogP contribution in [0.25, 0.3) is 0 Å². The fraction of sp³-hybridized carbons (Fsp3) is 0.278. The summed E-state index contributed by atoms with van der Waals surface area (Å²) in [6.07, 6.45) is 1.82. The van der Waals surface area contributed by atoms with Crippen LogP contribution in [-0.4, -0.2) is 24.1 Å². The smallest absolute Gasteiger partial charge is 0.202 e. The van der Waals surface area contributed by atoms with E-state index in [4.69, 9.17) is 9.47 Å². The second kappa shape index (κ2) is 6.98. The molecule has 4 heteroatoms. The maximum absolute atomic E-state index is 12.3. The lowest BCUT2D eigenvalue weighted by molar-refractivity contribution is 0.0921. The number of ether oxygens (including phenoxy) is 2. The first-order chi connectivity index (χ1) is 10.6. The molecule has 1 heterocycles. The maximum atomic E-state index is 12.3. The van der Waals surface area contributed by atoms with Crippen LogP contribution >= 0.6 is 0 Å². The van der Waals surface area contributed by atoms with Crippen LogP contribution in [0.3, 0.4) is 0 Å². The molecular formula is C18H21NO3. The first-order valence-electron chi connectivity index (χ1n) is 7.14. The second-order valence-corrected chi connectivity index (χ2v) is 5.07. The van der Waals surface area contributed by atoms with Gasteiger partial charge in [0.2, 0.25) is 5.78 Å². The third-order valence-corrected chi connectivity index (χ3v) is 3.62. The largest absolute Gasteiger partial charge is 0.497 e. The van der Waals surface area contributed by atoms with Crippen molar-refractivity contribution in [3.05, 3.63) is 59.9 Å². The van der Waals surface area contributed by atoms with Gasteiger partial charge in [0.05, 0.1) is 7.11 Å². The van der Waals surface area contributed by atoms with E-state index in [1.165, 1.54) is 0 Å². The summed E-state index contributed by atoms with van der Waals surface area (Å²) in [6, 6.07) is 9.07. The van der Waals surface area contributed by atoms with Crippen LogP contribution < -0.4 is 9.47 Å². The van der Waals surface area contributed by atoms with Gasteiger partial charge in [0.25, 0.3) is 0 Å². The molecule has 1 aromatic carbocycles. The average Bonchev–Trinajstić information content (AvgIpc) is 2.81. The Labute approximate surface area is 131 Å². The van der Waals surface area contributed by atoms with E-state index in [1.807, 2.05) is 26.0 Å². The number of aromatic nitrogens is 1. The molecule has 2 rings (SSSR count). The van der Waals surface area contributed by atoms with Crippen molar-refractivity contribution >= 4 is 5.78 Å². The number of carbonyl (C=O) groups is 1. The van der Waals surface area contributed by atoms with E-state index in [0.29, 0.717) is 17.9 Å². The summed E-state index contributed by atoms with van der Waals surface area (Å²) in [7, 11) is 1.61. The Hall–Kier alpha value is -2.49. The predicted molar refractivity (Wildman–Crippen MR) is 86.9 cm³/mol. The van der Waals surface area contributed by atoms with Crippen LogP contribution in [0.2, 0.25) is 0 Å². The highest BCUT2D eigenvalue weighted by Gasteiger charge is 2.15. The predicted octanol–water partition coefficient (Wildman–Crippen LogP) is 3.56. The molecule has 22 heavy (non-hydrogen) atoms. The first-order valence-corrected chi connectivity index (χ1v) is 7.14. The molecule has 0 spiro atoms. The third kappa shape index (κ3) is 3.39. The lowest BCUT2D eigenvalue weighted by Crippen LogP contribution is -2.12. The number of carbonyl (C=O) groups excluding carboxylic acids is 1. The van der Waals surface area contributed by atoms with E-state index in [-0.39, 0.29) is 12.4 Å². The summed E-state index contributed by atoms with van der Waals surface area (Å²) < 4.78 is 12.7. The SMILES string of the molecule is C=CCn1c(C)cc(C(=O)COc2ccc(OC)cc2)c1C. The number of hydrogen-bond donors (Lipinski definition) is 0. The summed E-state index contributed by atoms with van der Waals surface area (Å²) in [5.74, 6) is 1.37. The van der Waals surface area contributed by atoms with Crippen molar-refractivity contribution in [2.75, 3.05) is 13.7 Å². The van der Waals surface area contributed by atoms with Gasteiger partial charge < -0.3 is 14.0 Å². The van der Waals surface area contributed by atoms with E-state index in [9.17, 15) is 4.79 Å². The summed E-state index contributed by atoms with van der Waals surface area (Å²) >= 11 is 0. The zero-order valence-electron chi connectivity index (χ0n) is 13.3. The third-order valence-electron chi connectivity index (χ3n) is 3.62. The minimum absolute atomic E-state index is 0.0186. The van der Waals surface area contributed by atoms with Gasteiger partial charge in [0.1, 0.15) is 11.5 Å². The van der Waals surface area contributed by atoms with E-state index >= 15 is 0 Å². The standard InChI is InChI=1S/C18H21NO3/c1-5-10-19-13(2)11-17(14(19)3)18(20)12-22-16-8-6-15(21-4)7-9-16/h5-9,11H,1,10,12H2,2-4H3. The second-order valence-electron chi connectivity index (χ2n) is 5.07. The Morgan fingerprint density at radius 3 is 2.45 bits per heavy atom. The summed E-state index contributed by atoms with van der Waals surface area (Å²) in [6.45, 7) is 8.38. The molecule has 0 aliphatic heterocycles. The number of aryl methyl sites for hydroxylation is 1. The van der Waals surface area contributed by atoms with Crippen LogP contribution in [0.1, 0.15) is 21.7 Å². The van der Waals surface area contributed by atoms with Crippen molar-refractivity contribution < 1.29 is 14.3 Å². The van der Waals surface area contributed by atoms with Crippen molar-refractivity contribution in [1.82, 2.24) is 4.57 Å². The number of Topliss-reactive ketones (excluding diaryl/α,β-unsaturated/α-hetero) is 1. The van der Waals surface area contributed by atoms with Gasteiger partial charge >= 0.3 is 0 Å². The summed E-state index contributed by atoms with van der Waals surface area (Å²) in [5.41, 5.74) is 2.69. The molecule has 0 saturated heterocycles. The van der Waals surface area contributed by atoms with Crippen molar-refractivity contribution in [2.45, 2.75) is 20.4 Å². The Bertz CT molecular complexity index is 668. The summed E-state index contributed by atoms with van der Waals surface area (Å²) in [4.78, 5) is 12.3. The topological polar surface area (TPSA) is 40.5 Å². The highest BCUT2D eigenvalue weighted by Crippen LogP contribution is 2.19. The van der Waals surface area contributed by atoms with Gasteiger partial charge in [-0.05, 0) is 44.2 Å². The number of ketones is 1. The van der Waals surface area contributed by atoms with E-state index in [0.717, 1.165) is 17.1 Å². The van der Waals surface area contributed by atoms with Crippen molar-refractivity contribution in [2.24, 2.45) is 0 Å². The minimum Gasteiger partial charge on any atom is -0.497 e. The lowest BCUT2D eigenvalue weighted by atomic mass is 10.1. The maximum Gasteiger partial charge on any atom is 0.202 e. The van der Waals surface area contributed by atoms with Gasteiger partial charge in [0.15, 0.2) is 6.61 Å². The molecule has 4 nitrogen and oxygen atoms in total. The van der Waals surface area contributed by atoms with Gasteiger partial charge in [-0.1, -0.05) is 6.08 Å². The number of hydrogen-bond acceptors (Lipinski definition) is 3. The Morgan fingerprint density at radius 1 is 1.23 bits per heavy atom. The Kier molecular flexibility index (Phi) is 5.04. The lowest BCUT2D eigenvalue weighted by Gasteiger charge is -2.08. The number of benzene rings is 1. The monoisotopic (exact) mass is 299 g/mol. The van der Waals surface area contributed by atoms with Gasteiger partial charge in [0, 0.05) is 23.5 Å². The molecule has 0 bridgehead atoms. The highest BCUT2D eigenvalue weighted by atomic mass is 16.5. The van der Waals surface area contributed by atoms with Gasteiger partial charge in [-0.15, -0.1) is 6.58 Å². The molecule has 0 aliphatic carbocycles. The number of nitrogens with zero attached hydrogens (tertiary/aromatic N) is 1. The molecule has 0 N–H and O–H groups in total. The van der Waals surface area contributed by atoms with Crippen LogP contribution in [-0.2, 0) is 6.54 Å². The Balaban J connectivity index is 2.05. The summed E-state index contributed by atoms with van der Waals surface area (Å²) in [5, 5.41) is 0. The van der Waals surface area contributed by atoms with Crippen LogP contribution in [0.15, 0.2) is 43.0 Å². The van der Waals surface area contributed by atoms with Crippen molar-refractivity contribution in [1.29, 1.82) is 0 Å². The molecule has 116 valence electrons. The highest BCUT2D eigenvalue weighted by molar-refractivity contribution is 5.98. The molecular weight excluding hydrogens is 278 g/mol. The fourth-order valence-electron chi connectivity index (χ4n) is 2.39. The van der Waals surface area contributed by atoms with E-state index in [2.05, 4.69) is 11.1 Å². The van der Waals surface area contributed by atoms with Crippen LogP contribution in [0.5, 0.6) is 11.5 Å². The van der Waals surface area contributed by atoms with Crippen LogP contribution in [0, 0.1) is 13.8 Å². The molecule has 1 aromatic heterocycles. The number of allylic oxidation sites excluding steroid dienone is 1. The van der Waals surface area contributed by atoms with Crippen molar-refractivity contribution in [3.63, 3.8) is 0 Å². The molecule has 2 aromatic rings. The molecule has 0 saturated carbocycles. The number of methoxy groups -OCH3 is 1. The van der Waals surface area contributed by atoms with Crippen LogP contribution in [0.4, 0.5) is 0 Å². The molecule has 0 amide bonds. The fourth-order valence-corrected chi connectivity index (χ4v) is 2.39. The van der Waals surface area contributed by atoms with Gasteiger partial charge in [-0.25, -0.2) is 0 Å². The first kappa shape index (κ1) is 15.9.